The van der Waals surface area contributed by atoms with Gasteiger partial charge in [0.15, 0.2) is 5.13 Å². The highest BCUT2D eigenvalue weighted by Gasteiger charge is 2.21. The van der Waals surface area contributed by atoms with E-state index in [1.165, 1.54) is 16.9 Å². The number of nitrogens with one attached hydrogen (secondary N) is 1. The molecule has 1 aromatic heterocycles. The molecule has 1 fully saturated rings. The summed E-state index contributed by atoms with van der Waals surface area (Å²) in [6, 6.07) is 8.31. The van der Waals surface area contributed by atoms with Crippen LogP contribution in [0.3, 0.4) is 0 Å². The summed E-state index contributed by atoms with van der Waals surface area (Å²) >= 11 is 1.45. The Morgan fingerprint density at radius 3 is 2.96 bits per heavy atom. The minimum absolute atomic E-state index is 0.0243. The van der Waals surface area contributed by atoms with Gasteiger partial charge in [-0.2, -0.15) is 0 Å². The monoisotopic (exact) mass is 345 g/mol. The van der Waals surface area contributed by atoms with Crippen molar-refractivity contribution in [3.8, 4) is 5.75 Å². The van der Waals surface area contributed by atoms with E-state index in [4.69, 9.17) is 4.74 Å². The van der Waals surface area contributed by atoms with Gasteiger partial charge in [-0.25, -0.2) is 4.98 Å². The molecule has 0 unspecified atom stereocenters. The van der Waals surface area contributed by atoms with Gasteiger partial charge in [0.1, 0.15) is 5.75 Å². The number of benzene rings is 1. The number of hydrogen-bond donors (Lipinski definition) is 1. The molecule has 24 heavy (non-hydrogen) atoms. The Bertz CT molecular complexity index is 652. The number of carbonyl (C=O) groups is 1. The maximum absolute atomic E-state index is 12.0. The lowest BCUT2D eigenvalue weighted by molar-refractivity contribution is -0.117. The number of amides is 1. The third-order valence-corrected chi connectivity index (χ3v) is 5.10. The molecule has 5 nitrogen and oxygen atoms in total. The second-order valence-corrected chi connectivity index (χ2v) is 7.06. The van der Waals surface area contributed by atoms with Crippen LogP contribution in [0.4, 0.5) is 5.13 Å². The Labute approximate surface area is 146 Å². The van der Waals surface area contributed by atoms with Crippen LogP contribution >= 0.6 is 11.3 Å². The van der Waals surface area contributed by atoms with E-state index in [1.807, 2.05) is 17.5 Å². The first kappa shape index (κ1) is 16.9. The maximum Gasteiger partial charge on any atom is 0.240 e. The third kappa shape index (κ3) is 4.79. The van der Waals surface area contributed by atoms with Crippen LogP contribution in [-0.4, -0.2) is 42.5 Å². The Hall–Kier alpha value is -1.92. The van der Waals surface area contributed by atoms with Gasteiger partial charge in [0.2, 0.25) is 5.91 Å². The molecule has 1 saturated heterocycles. The van der Waals surface area contributed by atoms with Crippen molar-refractivity contribution in [1.82, 2.24) is 9.88 Å². The van der Waals surface area contributed by atoms with Gasteiger partial charge < -0.3 is 10.1 Å². The summed E-state index contributed by atoms with van der Waals surface area (Å²) in [6.07, 6.45) is 5.03. The number of carbonyl (C=O) groups excluding carboxylic acids is 1. The molecule has 0 atom stereocenters. The Balaban J connectivity index is 1.42. The first-order valence-electron chi connectivity index (χ1n) is 8.27. The molecule has 0 saturated carbocycles. The predicted octanol–water partition coefficient (Wildman–Crippen LogP) is 3.04. The molecule has 6 heteroatoms. The molecule has 1 amide bonds. The molecule has 1 N–H and O–H groups in total. The number of methoxy groups -OCH3 is 1. The fraction of sp³-hybridized carbons (Fsp3) is 0.444. The van der Waals surface area contributed by atoms with Crippen molar-refractivity contribution >= 4 is 22.4 Å². The largest absolute Gasteiger partial charge is 0.497 e. The highest BCUT2D eigenvalue weighted by molar-refractivity contribution is 7.13. The van der Waals surface area contributed by atoms with Crippen molar-refractivity contribution in [3.63, 3.8) is 0 Å². The summed E-state index contributed by atoms with van der Waals surface area (Å²) in [5.74, 6) is 1.62. The van der Waals surface area contributed by atoms with E-state index < -0.39 is 0 Å². The molecule has 1 aliphatic heterocycles. The minimum Gasteiger partial charge on any atom is -0.497 e. The van der Waals surface area contributed by atoms with Gasteiger partial charge in [-0.3, -0.25) is 9.69 Å². The van der Waals surface area contributed by atoms with Crippen LogP contribution in [0.5, 0.6) is 5.75 Å². The summed E-state index contributed by atoms with van der Waals surface area (Å²) < 4.78 is 5.29. The van der Waals surface area contributed by atoms with Crippen LogP contribution in [-0.2, 0) is 11.2 Å². The number of ether oxygens (including phenoxy) is 1. The van der Waals surface area contributed by atoms with Crippen molar-refractivity contribution < 1.29 is 9.53 Å². The second kappa shape index (κ2) is 8.26. The van der Waals surface area contributed by atoms with E-state index >= 15 is 0 Å². The number of aromatic nitrogens is 1. The van der Waals surface area contributed by atoms with Gasteiger partial charge in [0, 0.05) is 11.6 Å². The molecule has 2 aromatic rings. The van der Waals surface area contributed by atoms with E-state index in [0.717, 1.165) is 38.1 Å². The fourth-order valence-corrected chi connectivity index (χ4v) is 3.67. The van der Waals surface area contributed by atoms with E-state index in [-0.39, 0.29) is 5.91 Å². The second-order valence-electron chi connectivity index (χ2n) is 6.16. The average Bonchev–Trinajstić information content (AvgIpc) is 3.09. The van der Waals surface area contributed by atoms with Crippen LogP contribution in [0.15, 0.2) is 35.8 Å². The predicted molar refractivity (Wildman–Crippen MR) is 96.6 cm³/mol. The van der Waals surface area contributed by atoms with Gasteiger partial charge in [0.05, 0.1) is 13.7 Å². The summed E-state index contributed by atoms with van der Waals surface area (Å²) in [4.78, 5) is 18.3. The molecule has 0 spiro atoms. The lowest BCUT2D eigenvalue weighted by Gasteiger charge is -2.31. The van der Waals surface area contributed by atoms with Crippen LogP contribution in [0.2, 0.25) is 0 Å². The molecular formula is C18H23N3O2S. The topological polar surface area (TPSA) is 54.5 Å². The van der Waals surface area contributed by atoms with Crippen LogP contribution < -0.4 is 10.1 Å². The number of hydrogen-bond acceptors (Lipinski definition) is 5. The Morgan fingerprint density at radius 1 is 1.42 bits per heavy atom. The zero-order valence-corrected chi connectivity index (χ0v) is 14.7. The van der Waals surface area contributed by atoms with Gasteiger partial charge in [0.25, 0.3) is 0 Å². The molecule has 1 aliphatic rings. The SMILES string of the molecule is COc1cccc(CC2CCN(CC(=O)Nc3nccs3)CC2)c1. The summed E-state index contributed by atoms with van der Waals surface area (Å²) in [5, 5.41) is 5.38. The smallest absolute Gasteiger partial charge is 0.240 e. The van der Waals surface area contributed by atoms with Crippen LogP contribution in [0.25, 0.3) is 0 Å². The minimum atomic E-state index is 0.0243. The van der Waals surface area contributed by atoms with Crippen molar-refractivity contribution in [2.24, 2.45) is 5.92 Å². The first-order chi connectivity index (χ1) is 11.7. The van der Waals surface area contributed by atoms with E-state index in [9.17, 15) is 4.79 Å². The zero-order chi connectivity index (χ0) is 16.8. The van der Waals surface area contributed by atoms with Crippen molar-refractivity contribution in [2.45, 2.75) is 19.3 Å². The van der Waals surface area contributed by atoms with Crippen molar-refractivity contribution in [1.29, 1.82) is 0 Å². The van der Waals surface area contributed by atoms with Gasteiger partial charge in [-0.05, 0) is 56.0 Å². The molecule has 3 rings (SSSR count). The first-order valence-corrected chi connectivity index (χ1v) is 9.15. The fourth-order valence-electron chi connectivity index (χ4n) is 3.13. The summed E-state index contributed by atoms with van der Waals surface area (Å²) in [7, 11) is 1.70. The van der Waals surface area contributed by atoms with Crippen LogP contribution in [0, 0.1) is 5.92 Å². The normalized spacial score (nSPS) is 16.0. The van der Waals surface area contributed by atoms with Gasteiger partial charge in [-0.1, -0.05) is 12.1 Å². The number of anilines is 1. The van der Waals surface area contributed by atoms with E-state index in [1.54, 1.807) is 13.3 Å². The molecule has 128 valence electrons. The highest BCUT2D eigenvalue weighted by atomic mass is 32.1. The lowest BCUT2D eigenvalue weighted by atomic mass is 9.90. The van der Waals surface area contributed by atoms with Crippen LogP contribution in [0.1, 0.15) is 18.4 Å². The lowest BCUT2D eigenvalue weighted by Crippen LogP contribution is -2.39. The molecule has 0 radical (unpaired) electrons. The van der Waals surface area contributed by atoms with E-state index in [0.29, 0.717) is 17.6 Å². The van der Waals surface area contributed by atoms with Gasteiger partial charge >= 0.3 is 0 Å². The molecule has 2 heterocycles. The zero-order valence-electron chi connectivity index (χ0n) is 13.9. The highest BCUT2D eigenvalue weighted by Crippen LogP contribution is 2.23. The van der Waals surface area contributed by atoms with Crippen molar-refractivity contribution in [2.75, 3.05) is 32.1 Å². The molecule has 0 aliphatic carbocycles. The number of rotatable bonds is 6. The third-order valence-electron chi connectivity index (χ3n) is 4.41. The molecular weight excluding hydrogens is 322 g/mol. The molecule has 0 bridgehead atoms. The van der Waals surface area contributed by atoms with Crippen molar-refractivity contribution in [3.05, 3.63) is 41.4 Å². The Morgan fingerprint density at radius 2 is 2.25 bits per heavy atom. The van der Waals surface area contributed by atoms with Gasteiger partial charge in [-0.15, -0.1) is 11.3 Å². The van der Waals surface area contributed by atoms with E-state index in [2.05, 4.69) is 27.3 Å². The summed E-state index contributed by atoms with van der Waals surface area (Å²) in [5.41, 5.74) is 1.33. The maximum atomic E-state index is 12.0. The number of piperidine rings is 1. The molecule has 1 aromatic carbocycles. The standard InChI is InChI=1S/C18H23N3O2S/c1-23-16-4-2-3-15(12-16)11-14-5-8-21(9-6-14)13-17(22)20-18-19-7-10-24-18/h2-4,7,10,12,14H,5-6,8-9,11,13H2,1H3,(H,19,20,22). The number of nitrogens with zero attached hydrogens (tertiary/aromatic N) is 2. The quantitative estimate of drug-likeness (QED) is 0.874. The number of thiazole rings is 1. The Kier molecular flexibility index (Phi) is 5.82. The summed E-state index contributed by atoms with van der Waals surface area (Å²) in [6.45, 7) is 2.39. The average molecular weight is 345 g/mol. The number of likely N-dealkylation sites (tertiary alicyclic amines) is 1.